The number of ketones is 1. The van der Waals surface area contributed by atoms with Crippen LogP contribution >= 0.6 is 0 Å². The van der Waals surface area contributed by atoms with Crippen LogP contribution in [0.3, 0.4) is 0 Å². The molecule has 0 aromatic heterocycles. The number of carbonyl (C=O) groups is 6. The van der Waals surface area contributed by atoms with Crippen LogP contribution in [0.4, 0.5) is 0 Å². The minimum Gasteiger partial charge on any atom is -0.465 e. The van der Waals surface area contributed by atoms with Gasteiger partial charge in [0, 0.05) is 111 Å². The first-order valence-corrected chi connectivity index (χ1v) is 47.7. The van der Waals surface area contributed by atoms with Crippen molar-refractivity contribution in [3.63, 3.8) is 0 Å². The first kappa shape index (κ1) is 108. The van der Waals surface area contributed by atoms with Crippen LogP contribution in [0.2, 0.25) is 0 Å². The van der Waals surface area contributed by atoms with E-state index in [1.165, 1.54) is 30.4 Å². The van der Waals surface area contributed by atoms with Crippen molar-refractivity contribution in [1.29, 1.82) is 0 Å². The SMILES string of the molecule is CC(CCCc1ccc(CCCC2(C(=O)OCCCOC3CC(C)(C)N(O)C(C)(C)C3)C(=O)C2CCCOC2CC(C)(C)N(O)C(C)(C)C2)c(CCC(C)(C(=O)OCCCOC2CC(C)(C)N(O)C(C)(C)C2)C(=O)OCCCOC2CC(C)(C)N(O)C(C)(C)C2)c1)(C(=O)OCCCOC1CC(C)(C)N(O)C(C)(C)C1)C(=O)OCCCOC1CC(C)(C)N(O)C(C)(C)C1. The molecule has 2 atom stereocenters. The van der Waals surface area contributed by atoms with E-state index < -0.39 is 118 Å². The third-order valence-corrected chi connectivity index (χ3v) is 28.7. The molecule has 0 spiro atoms. The molecule has 6 saturated heterocycles. The van der Waals surface area contributed by atoms with Crippen molar-refractivity contribution in [2.75, 3.05) is 72.7 Å². The van der Waals surface area contributed by atoms with Gasteiger partial charge in [-0.15, -0.1) is 0 Å². The van der Waals surface area contributed by atoms with Gasteiger partial charge in [-0.25, -0.2) is 0 Å². The van der Waals surface area contributed by atoms with E-state index in [2.05, 4.69) is 0 Å². The quantitative estimate of drug-likeness (QED) is 0.0153. The van der Waals surface area contributed by atoms with E-state index in [9.17, 15) is 50.4 Å². The van der Waals surface area contributed by atoms with E-state index in [0.717, 1.165) is 16.7 Å². The van der Waals surface area contributed by atoms with E-state index in [1.807, 2.05) is 184 Å². The van der Waals surface area contributed by atoms with Gasteiger partial charge in [0.1, 0.15) is 5.41 Å². The van der Waals surface area contributed by atoms with Crippen LogP contribution in [-0.2, 0) is 100 Å². The predicted molar refractivity (Wildman–Crippen MR) is 479 cm³/mol. The van der Waals surface area contributed by atoms with E-state index in [4.69, 9.17) is 52.1 Å². The Bertz CT molecular complexity index is 3560. The van der Waals surface area contributed by atoms with Gasteiger partial charge in [-0.3, -0.25) is 28.8 Å². The van der Waals surface area contributed by atoms with Crippen LogP contribution in [0.1, 0.15) is 351 Å². The number of hydroxylamine groups is 12. The lowest BCUT2D eigenvalue weighted by atomic mass is 9.80. The van der Waals surface area contributed by atoms with Crippen LogP contribution in [0.5, 0.6) is 0 Å². The van der Waals surface area contributed by atoms with Crippen molar-refractivity contribution >= 4 is 35.6 Å². The highest BCUT2D eigenvalue weighted by Gasteiger charge is 2.70. The number of benzene rings is 1. The van der Waals surface area contributed by atoms with E-state index in [0.29, 0.717) is 161 Å². The van der Waals surface area contributed by atoms with Crippen molar-refractivity contribution in [2.45, 2.75) is 456 Å². The van der Waals surface area contributed by atoms with Crippen LogP contribution < -0.4 is 0 Å². The summed E-state index contributed by atoms with van der Waals surface area (Å²) >= 11 is 0. The monoisotopic (exact) mass is 1800 g/mol. The Morgan fingerprint density at radius 1 is 0.315 bits per heavy atom. The molecule has 8 rings (SSSR count). The zero-order valence-electron chi connectivity index (χ0n) is 83.0. The second kappa shape index (κ2) is 42.6. The van der Waals surface area contributed by atoms with Gasteiger partial charge in [0.25, 0.3) is 0 Å². The molecule has 1 saturated carbocycles. The van der Waals surface area contributed by atoms with Crippen molar-refractivity contribution in [3.05, 3.63) is 34.9 Å². The van der Waals surface area contributed by atoms with Gasteiger partial charge in [-0.05, 0) is 338 Å². The van der Waals surface area contributed by atoms with Crippen LogP contribution in [0, 0.1) is 22.2 Å². The lowest BCUT2D eigenvalue weighted by Gasteiger charge is -2.51. The number of nitrogens with zero attached hydrogens (tertiary/aromatic N) is 6. The smallest absolute Gasteiger partial charge is 0.323 e. The minimum absolute atomic E-state index is 0.0201. The largest absolute Gasteiger partial charge is 0.465 e. The number of aryl methyl sites for hydroxylation is 3. The molecule has 29 nitrogen and oxygen atoms in total. The molecule has 29 heteroatoms. The van der Waals surface area contributed by atoms with Crippen molar-refractivity contribution in [3.8, 4) is 0 Å². The molecule has 730 valence electrons. The molecule has 0 amide bonds. The molecule has 7 fully saturated rings. The molecule has 7 aliphatic rings. The number of rotatable bonds is 46. The molecule has 6 heterocycles. The van der Waals surface area contributed by atoms with Gasteiger partial charge in [0.05, 0.1) is 103 Å². The number of piperidine rings is 6. The fraction of sp³-hybridized carbons (Fsp3) is 0.878. The highest BCUT2D eigenvalue weighted by atomic mass is 16.6. The van der Waals surface area contributed by atoms with Crippen LogP contribution in [0.25, 0.3) is 0 Å². The lowest BCUT2D eigenvalue weighted by molar-refractivity contribution is -0.261. The molecule has 127 heavy (non-hydrogen) atoms. The maximum absolute atomic E-state index is 15.0. The number of ether oxygens (including phenoxy) is 11. The Balaban J connectivity index is 1.05. The number of hydrogen-bond donors (Lipinski definition) is 6. The zero-order chi connectivity index (χ0) is 95.0. The Labute approximate surface area is 760 Å². The van der Waals surface area contributed by atoms with E-state index >= 15 is 9.59 Å². The summed E-state index contributed by atoms with van der Waals surface area (Å²) in [6, 6.07) is 5.97. The third kappa shape index (κ3) is 27.4. The fourth-order valence-corrected chi connectivity index (χ4v) is 22.4. The summed E-state index contributed by atoms with van der Waals surface area (Å²) in [6.45, 7) is 52.0. The summed E-state index contributed by atoms with van der Waals surface area (Å²) in [5, 5.41) is 74.4. The van der Waals surface area contributed by atoms with Crippen molar-refractivity contribution in [2.24, 2.45) is 22.2 Å². The maximum atomic E-state index is 15.0. The fourth-order valence-electron chi connectivity index (χ4n) is 22.4. The van der Waals surface area contributed by atoms with Gasteiger partial charge in [-0.1, -0.05) is 18.2 Å². The average molecular weight is 1800 g/mol. The molecule has 6 aliphatic heterocycles. The van der Waals surface area contributed by atoms with Gasteiger partial charge in [0.2, 0.25) is 0 Å². The number of esters is 5. The number of hydrogen-bond acceptors (Lipinski definition) is 29. The highest BCUT2D eigenvalue weighted by molar-refractivity contribution is 6.19. The standard InChI is InChI=1S/C98H170N6O23/c1-84(2)56-71(57-85(3,4)99(84)111)117-44-29-37-77-78(105)98(77,83(110)127-54-34-49-122-76-66-94(21,22)104(116)95(23,24)67-76)42-28-36-69-39-38-68(35-27-41-96(25,79(106)123-50-30-45-118-72-58-86(5,6)100(112)87(7,8)59-72)80(107)124-51-31-46-119-73-60-88(9,10)101(113)89(11,12)61-73)55-70(69)40-43-97(26,81(108)125-52-32-47-120-74-62-90(13,14)102(114)91(15,16)63-74)82(109)126-53-33-48-121-75-64-92(17,18)103(115)93(19,20)65-75/h38-39,55,71-77,111-116H,27-37,40-54,56-67H2,1-26H3. The summed E-state index contributed by atoms with van der Waals surface area (Å²) in [4.78, 5) is 88.9. The van der Waals surface area contributed by atoms with E-state index in [1.54, 1.807) is 13.8 Å². The Hall–Kier alpha value is -4.48. The lowest BCUT2D eigenvalue weighted by Crippen LogP contribution is -2.60. The van der Waals surface area contributed by atoms with Crippen molar-refractivity contribution in [1.82, 2.24) is 30.4 Å². The zero-order valence-corrected chi connectivity index (χ0v) is 83.0. The highest BCUT2D eigenvalue weighted by Crippen LogP contribution is 2.56. The topological polar surface area (TPSA) is 345 Å². The Kier molecular flexibility index (Phi) is 36.2. The van der Waals surface area contributed by atoms with Gasteiger partial charge in [0.15, 0.2) is 16.6 Å². The van der Waals surface area contributed by atoms with Gasteiger partial charge < -0.3 is 83.3 Å². The first-order valence-electron chi connectivity index (χ1n) is 47.7. The van der Waals surface area contributed by atoms with Crippen molar-refractivity contribution < 1.29 is 112 Å². The first-order chi connectivity index (χ1) is 58.5. The van der Waals surface area contributed by atoms with Crippen LogP contribution in [0.15, 0.2) is 18.2 Å². The average Bonchev–Trinajstić information content (AvgIpc) is 1.55. The Morgan fingerprint density at radius 3 is 0.843 bits per heavy atom. The molecule has 0 radical (unpaired) electrons. The molecular formula is C98H170N6O23. The maximum Gasteiger partial charge on any atom is 0.323 e. The summed E-state index contributed by atoms with van der Waals surface area (Å²) in [5.41, 5.74) is -9.11. The van der Waals surface area contributed by atoms with Gasteiger partial charge in [-0.2, -0.15) is 30.4 Å². The summed E-state index contributed by atoms with van der Waals surface area (Å²) in [7, 11) is 0. The predicted octanol–water partition coefficient (Wildman–Crippen LogP) is 16.5. The number of Topliss-reactive ketones (excluding diaryl/α,β-unsaturated/α-hetero) is 1. The number of carbonyl (C=O) groups excluding carboxylic acids is 6. The summed E-state index contributed by atoms with van der Waals surface area (Å²) in [5.74, 6) is -4.48. The van der Waals surface area contributed by atoms with Gasteiger partial charge >= 0.3 is 29.8 Å². The molecule has 0 bridgehead atoms. The molecule has 2 unspecified atom stereocenters. The van der Waals surface area contributed by atoms with E-state index in [-0.39, 0.29) is 128 Å². The molecule has 6 N–H and O–H groups in total. The molecule has 1 aromatic rings. The molecule has 1 aromatic carbocycles. The summed E-state index contributed by atoms with van der Waals surface area (Å²) in [6.07, 6.45) is 10.4. The Morgan fingerprint density at radius 2 is 0.567 bits per heavy atom. The second-order valence-electron chi connectivity index (χ2n) is 46.5. The normalized spacial score (nSPS) is 25.4. The molecule has 1 aliphatic carbocycles. The third-order valence-electron chi connectivity index (χ3n) is 28.7. The summed E-state index contributed by atoms with van der Waals surface area (Å²) < 4.78 is 68.6. The minimum atomic E-state index is -1.86. The van der Waals surface area contributed by atoms with Crippen LogP contribution in [-0.4, -0.2) is 273 Å². The second-order valence-corrected chi connectivity index (χ2v) is 46.5. The molecular weight excluding hydrogens is 1630 g/mol.